The van der Waals surface area contributed by atoms with Crippen LogP contribution in [0.2, 0.25) is 0 Å². The van der Waals surface area contributed by atoms with E-state index in [9.17, 15) is 4.79 Å². The summed E-state index contributed by atoms with van der Waals surface area (Å²) in [5.41, 5.74) is 1.38. The molecule has 2 N–H and O–H groups in total. The van der Waals surface area contributed by atoms with Crippen LogP contribution in [0.3, 0.4) is 0 Å². The lowest BCUT2D eigenvalue weighted by atomic mass is 10.1. The van der Waals surface area contributed by atoms with E-state index in [2.05, 4.69) is 64.7 Å². The van der Waals surface area contributed by atoms with Crippen molar-refractivity contribution in [1.82, 2.24) is 20.4 Å². The number of amides is 1. The molecule has 1 amide bonds. The summed E-state index contributed by atoms with van der Waals surface area (Å²) in [6, 6.07) is 10.7. The molecule has 0 aromatic heterocycles. The van der Waals surface area contributed by atoms with Crippen LogP contribution in [0.5, 0.6) is 0 Å². The normalized spacial score (nSPS) is 15.3. The van der Waals surface area contributed by atoms with Gasteiger partial charge in [-0.05, 0) is 30.7 Å². The van der Waals surface area contributed by atoms with Gasteiger partial charge in [-0.15, -0.1) is 24.0 Å². The second kappa shape index (κ2) is 16.3. The number of guanidine groups is 1. The summed E-state index contributed by atoms with van der Waals surface area (Å²) >= 11 is 0. The highest BCUT2D eigenvalue weighted by Gasteiger charge is 2.19. The molecule has 1 heterocycles. The third kappa shape index (κ3) is 12.0. The highest BCUT2D eigenvalue weighted by Crippen LogP contribution is 2.16. The molecule has 0 radical (unpaired) electrons. The van der Waals surface area contributed by atoms with Crippen LogP contribution in [0.1, 0.15) is 38.7 Å². The molecule has 1 aromatic rings. The number of likely N-dealkylation sites (tertiary alicyclic amines) is 1. The molecule has 32 heavy (non-hydrogen) atoms. The van der Waals surface area contributed by atoms with Gasteiger partial charge < -0.3 is 20.3 Å². The van der Waals surface area contributed by atoms with Crippen LogP contribution >= 0.6 is 24.0 Å². The number of ether oxygens (including phenoxy) is 1. The van der Waals surface area contributed by atoms with Gasteiger partial charge in [-0.2, -0.15) is 0 Å². The first-order valence-corrected chi connectivity index (χ1v) is 11.5. The third-order valence-electron chi connectivity index (χ3n) is 5.30. The topological polar surface area (TPSA) is 69.2 Å². The third-order valence-corrected chi connectivity index (χ3v) is 5.30. The van der Waals surface area contributed by atoms with Crippen LogP contribution in [0.25, 0.3) is 0 Å². The van der Waals surface area contributed by atoms with E-state index in [0.717, 1.165) is 58.6 Å². The van der Waals surface area contributed by atoms with Gasteiger partial charge in [-0.3, -0.25) is 9.69 Å². The number of piperidine rings is 1. The molecule has 1 aromatic carbocycles. The zero-order valence-electron chi connectivity index (χ0n) is 20.2. The molecular formula is C24H42IN5O2. The molecule has 1 aliphatic heterocycles. The highest BCUT2D eigenvalue weighted by atomic mass is 127. The monoisotopic (exact) mass is 559 g/mol. The number of carbonyl (C=O) groups excluding carboxylic acids is 1. The number of hydrogen-bond donors (Lipinski definition) is 2. The highest BCUT2D eigenvalue weighted by molar-refractivity contribution is 14.0. The summed E-state index contributed by atoms with van der Waals surface area (Å²) in [4.78, 5) is 20.3. The largest absolute Gasteiger partial charge is 0.378 e. The molecule has 1 aliphatic rings. The van der Waals surface area contributed by atoms with Gasteiger partial charge in [0, 0.05) is 53.4 Å². The second-order valence-electron chi connectivity index (χ2n) is 8.84. The molecule has 2 rings (SSSR count). The molecule has 0 saturated carbocycles. The van der Waals surface area contributed by atoms with Gasteiger partial charge in [0.2, 0.25) is 5.91 Å². The van der Waals surface area contributed by atoms with Crippen molar-refractivity contribution in [1.29, 1.82) is 0 Å². The number of nitrogens with one attached hydrogen (secondary N) is 2. The van der Waals surface area contributed by atoms with Gasteiger partial charge >= 0.3 is 0 Å². The fourth-order valence-electron chi connectivity index (χ4n) is 3.37. The number of carbonyl (C=O) groups is 1. The van der Waals surface area contributed by atoms with Crippen molar-refractivity contribution in [3.8, 4) is 0 Å². The van der Waals surface area contributed by atoms with E-state index in [1.165, 1.54) is 5.56 Å². The summed E-state index contributed by atoms with van der Waals surface area (Å²) in [6.07, 6.45) is 3.45. The van der Waals surface area contributed by atoms with Crippen LogP contribution < -0.4 is 10.6 Å². The van der Waals surface area contributed by atoms with Crippen molar-refractivity contribution in [3.05, 3.63) is 35.9 Å². The minimum absolute atomic E-state index is 0. The van der Waals surface area contributed by atoms with Crippen molar-refractivity contribution in [2.24, 2.45) is 10.9 Å². The van der Waals surface area contributed by atoms with Gasteiger partial charge in [0.05, 0.1) is 6.10 Å². The maximum atomic E-state index is 11.8. The smallest absolute Gasteiger partial charge is 0.243 e. The molecule has 0 spiro atoms. The Morgan fingerprint density at radius 1 is 1.19 bits per heavy atom. The van der Waals surface area contributed by atoms with E-state index in [4.69, 9.17) is 4.74 Å². The lowest BCUT2D eigenvalue weighted by molar-refractivity contribution is -0.127. The molecule has 1 fully saturated rings. The molecule has 0 bridgehead atoms. The average molecular weight is 560 g/mol. The zero-order valence-corrected chi connectivity index (χ0v) is 22.5. The first-order chi connectivity index (χ1) is 14.9. The summed E-state index contributed by atoms with van der Waals surface area (Å²) in [7, 11) is 3.49. The number of benzene rings is 1. The Morgan fingerprint density at radius 2 is 1.88 bits per heavy atom. The number of likely N-dealkylation sites (N-methyl/N-ethyl adjacent to an activating group) is 1. The van der Waals surface area contributed by atoms with Gasteiger partial charge in [-0.1, -0.05) is 44.2 Å². The molecule has 182 valence electrons. The van der Waals surface area contributed by atoms with E-state index in [0.29, 0.717) is 18.0 Å². The zero-order chi connectivity index (χ0) is 22.5. The fourth-order valence-corrected chi connectivity index (χ4v) is 3.37. The van der Waals surface area contributed by atoms with Gasteiger partial charge in [0.25, 0.3) is 0 Å². The standard InChI is InChI=1S/C24H41N5O2.HI/c1-20(2)17-26-24(27-18-23(30)28(3)4)25-13-8-16-31-22-11-14-29(15-12-22)19-21-9-6-5-7-10-21;/h5-7,9-10,20,22H,8,11-19H2,1-4H3,(H2,25,26,27);1H. The summed E-state index contributed by atoms with van der Waals surface area (Å²) in [5, 5.41) is 6.62. The Bertz CT molecular complexity index is 662. The number of rotatable bonds is 11. The maximum absolute atomic E-state index is 11.8. The van der Waals surface area contributed by atoms with Crippen molar-refractivity contribution in [2.75, 3.05) is 53.4 Å². The summed E-state index contributed by atoms with van der Waals surface area (Å²) in [6.45, 7) is 9.99. The quantitative estimate of drug-likeness (QED) is 0.189. The maximum Gasteiger partial charge on any atom is 0.243 e. The van der Waals surface area contributed by atoms with Crippen LogP contribution in [0.4, 0.5) is 0 Å². The Labute approximate surface area is 211 Å². The molecule has 8 heteroatoms. The van der Waals surface area contributed by atoms with Crippen LogP contribution in [-0.4, -0.2) is 81.2 Å². The molecule has 0 atom stereocenters. The number of nitrogens with zero attached hydrogens (tertiary/aromatic N) is 3. The fraction of sp³-hybridized carbons (Fsp3) is 0.667. The summed E-state index contributed by atoms with van der Waals surface area (Å²) < 4.78 is 6.10. The molecule has 0 unspecified atom stereocenters. The van der Waals surface area contributed by atoms with E-state index < -0.39 is 0 Å². The van der Waals surface area contributed by atoms with Gasteiger partial charge in [-0.25, -0.2) is 4.99 Å². The first-order valence-electron chi connectivity index (χ1n) is 11.5. The van der Waals surface area contributed by atoms with Crippen molar-refractivity contribution in [2.45, 2.75) is 45.8 Å². The van der Waals surface area contributed by atoms with Crippen LogP contribution in [0.15, 0.2) is 35.3 Å². The second-order valence-corrected chi connectivity index (χ2v) is 8.84. The van der Waals surface area contributed by atoms with Gasteiger partial charge in [0.15, 0.2) is 5.96 Å². The number of halogens is 1. The number of hydrogen-bond acceptors (Lipinski definition) is 4. The van der Waals surface area contributed by atoms with E-state index in [1.807, 2.05) is 0 Å². The van der Waals surface area contributed by atoms with Crippen molar-refractivity contribution in [3.63, 3.8) is 0 Å². The Hall–Kier alpha value is -1.39. The molecule has 7 nitrogen and oxygen atoms in total. The van der Waals surface area contributed by atoms with Crippen LogP contribution in [-0.2, 0) is 16.1 Å². The number of aliphatic imine (C=N–C) groups is 1. The Kier molecular flexibility index (Phi) is 14.6. The van der Waals surface area contributed by atoms with Crippen LogP contribution in [0, 0.1) is 5.92 Å². The first kappa shape index (κ1) is 28.6. The Morgan fingerprint density at radius 3 is 2.50 bits per heavy atom. The van der Waals surface area contributed by atoms with E-state index in [-0.39, 0.29) is 36.4 Å². The molecular weight excluding hydrogens is 517 g/mol. The summed E-state index contributed by atoms with van der Waals surface area (Å²) in [5.74, 6) is 1.19. The minimum Gasteiger partial charge on any atom is -0.378 e. The van der Waals surface area contributed by atoms with E-state index >= 15 is 0 Å². The SMILES string of the molecule is CC(C)CNC(=NCC(=O)N(C)C)NCCCOC1CCN(Cc2ccccc2)CC1.I. The predicted molar refractivity (Wildman–Crippen MR) is 143 cm³/mol. The van der Waals surface area contributed by atoms with Crippen molar-refractivity contribution >= 4 is 35.8 Å². The van der Waals surface area contributed by atoms with E-state index in [1.54, 1.807) is 19.0 Å². The molecule has 0 aliphatic carbocycles. The predicted octanol–water partition coefficient (Wildman–Crippen LogP) is 2.96. The average Bonchev–Trinajstić information content (AvgIpc) is 2.76. The lowest BCUT2D eigenvalue weighted by Crippen LogP contribution is -2.41. The van der Waals surface area contributed by atoms with Crippen molar-refractivity contribution < 1.29 is 9.53 Å². The molecule has 1 saturated heterocycles. The van der Waals surface area contributed by atoms with Gasteiger partial charge in [0.1, 0.15) is 6.54 Å². The minimum atomic E-state index is -0.00686. The Balaban J connectivity index is 0.00000512. The lowest BCUT2D eigenvalue weighted by Gasteiger charge is -2.32.